The number of aliphatic hydroxyl groups excluding tert-OH is 4. The number of ether oxygens (including phenoxy) is 3. The maximum absolute atomic E-state index is 13.3. The molecule has 0 aliphatic carbocycles. The van der Waals surface area contributed by atoms with Gasteiger partial charge in [-0.05, 0) is 35.9 Å². The molecular formula is C26H29NO9. The van der Waals surface area contributed by atoms with Gasteiger partial charge in [0.1, 0.15) is 36.9 Å². The molecule has 1 aliphatic rings. The summed E-state index contributed by atoms with van der Waals surface area (Å²) in [6.45, 7) is -1.02. The highest BCUT2D eigenvalue weighted by molar-refractivity contribution is 5.96. The van der Waals surface area contributed by atoms with Crippen LogP contribution in [0.2, 0.25) is 0 Å². The van der Waals surface area contributed by atoms with Gasteiger partial charge >= 0.3 is 5.97 Å². The number of carbonyl (C=O) groups excluding carboxylic acids is 2. The fraction of sp³-hybridized carbons (Fsp3) is 0.385. The van der Waals surface area contributed by atoms with Crippen LogP contribution in [0.1, 0.15) is 29.5 Å². The standard InChI is InChI=1S/C26H29NO9/c1-34-26(33)9-8-25(32)27-12-19-10-22(35-15-20(30)13-28)6-4-17(19)2-3-18-5-7-23(11-24(18)27)36-16-21(31)14-29/h4-7,10-11,20-21,28-31H,8-9,12-16H2,1H3/t20-,21-/m0/s1. The van der Waals surface area contributed by atoms with Crippen molar-refractivity contribution in [2.24, 2.45) is 0 Å². The molecule has 1 amide bonds. The molecule has 0 bridgehead atoms. The van der Waals surface area contributed by atoms with E-state index in [-0.39, 0.29) is 38.5 Å². The molecule has 2 aromatic carbocycles. The number of hydrogen-bond acceptors (Lipinski definition) is 9. The average molecular weight is 500 g/mol. The molecule has 4 N–H and O–H groups in total. The minimum absolute atomic E-state index is 0.0952. The molecule has 2 atom stereocenters. The predicted molar refractivity (Wildman–Crippen MR) is 128 cm³/mol. The van der Waals surface area contributed by atoms with Crippen LogP contribution >= 0.6 is 0 Å². The van der Waals surface area contributed by atoms with Crippen LogP contribution in [0.3, 0.4) is 0 Å². The molecule has 192 valence electrons. The summed E-state index contributed by atoms with van der Waals surface area (Å²) in [5.41, 5.74) is 2.37. The first-order valence-corrected chi connectivity index (χ1v) is 11.3. The molecule has 36 heavy (non-hydrogen) atoms. The van der Waals surface area contributed by atoms with Gasteiger partial charge in [-0.15, -0.1) is 0 Å². The molecular weight excluding hydrogens is 470 g/mol. The van der Waals surface area contributed by atoms with Crippen LogP contribution in [-0.2, 0) is 20.9 Å². The van der Waals surface area contributed by atoms with Crippen LogP contribution in [0.4, 0.5) is 5.69 Å². The molecule has 0 saturated carbocycles. The Morgan fingerprint density at radius 2 is 1.50 bits per heavy atom. The van der Waals surface area contributed by atoms with E-state index in [2.05, 4.69) is 16.6 Å². The van der Waals surface area contributed by atoms with Gasteiger partial charge in [-0.3, -0.25) is 9.59 Å². The zero-order chi connectivity index (χ0) is 26.1. The van der Waals surface area contributed by atoms with Crippen LogP contribution in [-0.4, -0.2) is 78.0 Å². The quantitative estimate of drug-likeness (QED) is 0.254. The lowest BCUT2D eigenvalue weighted by Gasteiger charge is -2.27. The van der Waals surface area contributed by atoms with E-state index >= 15 is 0 Å². The van der Waals surface area contributed by atoms with Gasteiger partial charge in [-0.2, -0.15) is 0 Å². The van der Waals surface area contributed by atoms with E-state index in [0.29, 0.717) is 33.9 Å². The van der Waals surface area contributed by atoms with Crippen molar-refractivity contribution in [1.82, 2.24) is 0 Å². The molecule has 3 rings (SSSR count). The SMILES string of the molecule is COC(=O)CCC(=O)N1Cc2cc(OC[C@@H](O)CO)ccc2C#Cc2ccc(OC[C@@H](O)CO)cc21. The van der Waals surface area contributed by atoms with Crippen LogP contribution < -0.4 is 14.4 Å². The number of methoxy groups -OCH3 is 1. The maximum Gasteiger partial charge on any atom is 0.306 e. The molecule has 0 spiro atoms. The van der Waals surface area contributed by atoms with E-state index in [1.807, 2.05) is 0 Å². The van der Waals surface area contributed by atoms with Gasteiger partial charge in [-0.1, -0.05) is 11.8 Å². The lowest BCUT2D eigenvalue weighted by molar-refractivity contribution is -0.141. The second kappa shape index (κ2) is 12.9. The van der Waals surface area contributed by atoms with Gasteiger partial charge < -0.3 is 39.5 Å². The number of nitrogens with zero attached hydrogens (tertiary/aromatic N) is 1. The Balaban J connectivity index is 1.96. The smallest absolute Gasteiger partial charge is 0.306 e. The molecule has 0 radical (unpaired) electrons. The normalized spacial score (nSPS) is 13.6. The third-order valence-corrected chi connectivity index (χ3v) is 5.37. The Kier molecular flexibility index (Phi) is 9.67. The summed E-state index contributed by atoms with van der Waals surface area (Å²) in [6, 6.07) is 10.1. The molecule has 10 heteroatoms. The highest BCUT2D eigenvalue weighted by Crippen LogP contribution is 2.31. The first-order chi connectivity index (χ1) is 17.3. The van der Waals surface area contributed by atoms with Gasteiger partial charge in [0.15, 0.2) is 0 Å². The van der Waals surface area contributed by atoms with Crippen molar-refractivity contribution in [3.63, 3.8) is 0 Å². The molecule has 2 aromatic rings. The monoisotopic (exact) mass is 499 g/mol. The van der Waals surface area contributed by atoms with E-state index in [1.165, 1.54) is 12.0 Å². The van der Waals surface area contributed by atoms with Crippen LogP contribution in [0.25, 0.3) is 0 Å². The van der Waals surface area contributed by atoms with Crippen LogP contribution in [0, 0.1) is 11.8 Å². The molecule has 0 fully saturated rings. The molecule has 0 saturated heterocycles. The minimum Gasteiger partial charge on any atom is -0.491 e. The number of benzene rings is 2. The number of amides is 1. The number of esters is 1. The van der Waals surface area contributed by atoms with E-state index in [0.717, 1.165) is 0 Å². The van der Waals surface area contributed by atoms with E-state index in [1.54, 1.807) is 36.4 Å². The number of fused-ring (bicyclic) bond motifs is 2. The molecule has 0 aromatic heterocycles. The molecule has 0 unspecified atom stereocenters. The fourth-order valence-electron chi connectivity index (χ4n) is 3.39. The van der Waals surface area contributed by atoms with Crippen molar-refractivity contribution in [2.75, 3.05) is 38.4 Å². The number of carbonyl (C=O) groups is 2. The Morgan fingerprint density at radius 3 is 2.11 bits per heavy atom. The summed E-state index contributed by atoms with van der Waals surface area (Å²) in [6.07, 6.45) is -2.28. The number of hydrogen-bond donors (Lipinski definition) is 4. The Hall–Kier alpha value is -3.62. The van der Waals surface area contributed by atoms with Gasteiger partial charge in [0.25, 0.3) is 0 Å². The van der Waals surface area contributed by atoms with Crippen molar-refractivity contribution < 1.29 is 44.2 Å². The Bertz CT molecular complexity index is 1140. The van der Waals surface area contributed by atoms with Crippen LogP contribution in [0.15, 0.2) is 36.4 Å². The van der Waals surface area contributed by atoms with Gasteiger partial charge in [-0.25, -0.2) is 0 Å². The summed E-state index contributed by atoms with van der Waals surface area (Å²) in [5, 5.41) is 37.2. The van der Waals surface area contributed by atoms with Gasteiger partial charge in [0, 0.05) is 23.6 Å². The van der Waals surface area contributed by atoms with E-state index in [9.17, 15) is 19.8 Å². The lowest BCUT2D eigenvalue weighted by Crippen LogP contribution is -2.32. The summed E-state index contributed by atoms with van der Waals surface area (Å²) in [5.74, 6) is 6.12. The van der Waals surface area contributed by atoms with Crippen molar-refractivity contribution in [3.05, 3.63) is 53.1 Å². The Morgan fingerprint density at radius 1 is 0.917 bits per heavy atom. The largest absolute Gasteiger partial charge is 0.491 e. The zero-order valence-corrected chi connectivity index (χ0v) is 19.8. The van der Waals surface area contributed by atoms with Crippen molar-refractivity contribution in [3.8, 4) is 23.3 Å². The van der Waals surface area contributed by atoms with E-state index < -0.39 is 31.4 Å². The number of anilines is 1. The minimum atomic E-state index is -1.06. The lowest BCUT2D eigenvalue weighted by atomic mass is 10.0. The second-order valence-electron chi connectivity index (χ2n) is 8.10. The van der Waals surface area contributed by atoms with Crippen molar-refractivity contribution in [2.45, 2.75) is 31.6 Å². The first kappa shape index (κ1) is 27.0. The third-order valence-electron chi connectivity index (χ3n) is 5.37. The molecule has 10 nitrogen and oxygen atoms in total. The van der Waals surface area contributed by atoms with Crippen molar-refractivity contribution in [1.29, 1.82) is 0 Å². The summed E-state index contributed by atoms with van der Waals surface area (Å²) < 4.78 is 15.8. The van der Waals surface area contributed by atoms with Gasteiger partial charge in [0.05, 0.1) is 39.0 Å². The van der Waals surface area contributed by atoms with Crippen molar-refractivity contribution >= 4 is 17.6 Å². The second-order valence-corrected chi connectivity index (χ2v) is 8.10. The number of aliphatic hydroxyl groups is 4. The topological polar surface area (TPSA) is 146 Å². The Labute approximate surface area is 208 Å². The predicted octanol–water partition coefficient (Wildman–Crippen LogP) is 0.350. The third kappa shape index (κ3) is 7.19. The molecule has 1 aliphatic heterocycles. The van der Waals surface area contributed by atoms with Gasteiger partial charge in [0.2, 0.25) is 5.91 Å². The first-order valence-electron chi connectivity index (χ1n) is 11.3. The van der Waals surface area contributed by atoms with E-state index in [4.69, 9.17) is 19.7 Å². The summed E-state index contributed by atoms with van der Waals surface area (Å²) in [4.78, 5) is 26.4. The number of rotatable bonds is 11. The maximum atomic E-state index is 13.3. The zero-order valence-electron chi connectivity index (χ0n) is 19.8. The molecule has 1 heterocycles. The summed E-state index contributed by atoms with van der Waals surface area (Å²) >= 11 is 0. The average Bonchev–Trinajstić information content (AvgIpc) is 2.89. The highest BCUT2D eigenvalue weighted by Gasteiger charge is 2.23. The summed E-state index contributed by atoms with van der Waals surface area (Å²) in [7, 11) is 1.25. The van der Waals surface area contributed by atoms with Crippen LogP contribution in [0.5, 0.6) is 11.5 Å². The highest BCUT2D eigenvalue weighted by atomic mass is 16.5. The fourth-order valence-corrected chi connectivity index (χ4v) is 3.39.